The minimum Gasteiger partial charge on any atom is -0.375 e. The van der Waals surface area contributed by atoms with Crippen molar-refractivity contribution in [3.05, 3.63) is 35.6 Å². The van der Waals surface area contributed by atoms with Gasteiger partial charge in [-0.15, -0.1) is 0 Å². The molecule has 15 heavy (non-hydrogen) atoms. The summed E-state index contributed by atoms with van der Waals surface area (Å²) >= 11 is 0. The third kappa shape index (κ3) is 3.98. The first-order chi connectivity index (χ1) is 7.11. The standard InChI is InChI=1S/C12H18FNO/c1-9(2)12(14)8-15-7-10-5-3-4-6-11(10)13/h3-6,9,12H,7-8,14H2,1-2H3/t12-/m1/s1. The Kier molecular flexibility index (Phi) is 4.72. The molecule has 0 saturated heterocycles. The van der Waals surface area contributed by atoms with E-state index in [1.807, 2.05) is 13.8 Å². The van der Waals surface area contributed by atoms with Crippen LogP contribution in [0.5, 0.6) is 0 Å². The summed E-state index contributed by atoms with van der Waals surface area (Å²) in [6.07, 6.45) is 0. The first kappa shape index (κ1) is 12.1. The summed E-state index contributed by atoms with van der Waals surface area (Å²) in [6, 6.07) is 6.62. The lowest BCUT2D eigenvalue weighted by atomic mass is 10.1. The molecule has 0 spiro atoms. The normalized spacial score (nSPS) is 13.1. The van der Waals surface area contributed by atoms with Crippen molar-refractivity contribution in [1.82, 2.24) is 0 Å². The highest BCUT2D eigenvalue weighted by molar-refractivity contribution is 5.16. The van der Waals surface area contributed by atoms with Crippen LogP contribution < -0.4 is 5.73 Å². The lowest BCUT2D eigenvalue weighted by molar-refractivity contribution is 0.0953. The monoisotopic (exact) mass is 211 g/mol. The van der Waals surface area contributed by atoms with Crippen molar-refractivity contribution in [2.75, 3.05) is 6.61 Å². The van der Waals surface area contributed by atoms with Gasteiger partial charge >= 0.3 is 0 Å². The Balaban J connectivity index is 2.35. The van der Waals surface area contributed by atoms with Crippen molar-refractivity contribution in [3.63, 3.8) is 0 Å². The van der Waals surface area contributed by atoms with Crippen molar-refractivity contribution < 1.29 is 9.13 Å². The number of ether oxygens (including phenoxy) is 1. The summed E-state index contributed by atoms with van der Waals surface area (Å²) in [5.74, 6) is 0.154. The number of hydrogen-bond acceptors (Lipinski definition) is 2. The maximum absolute atomic E-state index is 13.2. The molecule has 2 N–H and O–H groups in total. The zero-order chi connectivity index (χ0) is 11.3. The van der Waals surface area contributed by atoms with Crippen LogP contribution in [-0.2, 0) is 11.3 Å². The van der Waals surface area contributed by atoms with Crippen LogP contribution in [0.15, 0.2) is 24.3 Å². The van der Waals surface area contributed by atoms with Gasteiger partial charge < -0.3 is 10.5 Å². The van der Waals surface area contributed by atoms with E-state index in [1.54, 1.807) is 18.2 Å². The van der Waals surface area contributed by atoms with E-state index in [-0.39, 0.29) is 18.5 Å². The Morgan fingerprint density at radius 3 is 2.60 bits per heavy atom. The molecule has 0 bridgehead atoms. The average Bonchev–Trinajstić information content (AvgIpc) is 2.20. The van der Waals surface area contributed by atoms with Crippen molar-refractivity contribution in [2.45, 2.75) is 26.5 Å². The highest BCUT2D eigenvalue weighted by Crippen LogP contribution is 2.08. The van der Waals surface area contributed by atoms with E-state index in [0.29, 0.717) is 18.1 Å². The molecule has 0 unspecified atom stereocenters. The van der Waals surface area contributed by atoms with Gasteiger partial charge in [-0.05, 0) is 12.0 Å². The second-order valence-electron chi connectivity index (χ2n) is 4.01. The van der Waals surface area contributed by atoms with Gasteiger partial charge in [-0.25, -0.2) is 4.39 Å². The van der Waals surface area contributed by atoms with Gasteiger partial charge in [0.1, 0.15) is 5.82 Å². The fourth-order valence-electron chi connectivity index (χ4n) is 1.11. The number of hydrogen-bond donors (Lipinski definition) is 1. The van der Waals surface area contributed by atoms with Crippen molar-refractivity contribution in [3.8, 4) is 0 Å². The van der Waals surface area contributed by atoms with Gasteiger partial charge in [0.15, 0.2) is 0 Å². The van der Waals surface area contributed by atoms with E-state index in [9.17, 15) is 4.39 Å². The summed E-state index contributed by atoms with van der Waals surface area (Å²) in [5, 5.41) is 0. The summed E-state index contributed by atoms with van der Waals surface area (Å²) in [7, 11) is 0. The molecule has 1 atom stereocenters. The van der Waals surface area contributed by atoms with Gasteiger partial charge in [-0.2, -0.15) is 0 Å². The molecule has 0 saturated carbocycles. The predicted octanol–water partition coefficient (Wildman–Crippen LogP) is 2.33. The molecule has 0 aromatic heterocycles. The summed E-state index contributed by atoms with van der Waals surface area (Å²) in [6.45, 7) is 4.83. The summed E-state index contributed by atoms with van der Waals surface area (Å²) < 4.78 is 18.5. The zero-order valence-corrected chi connectivity index (χ0v) is 9.24. The molecule has 0 amide bonds. The molecule has 1 aromatic rings. The molecule has 0 fully saturated rings. The molecule has 0 aliphatic rings. The minimum atomic E-state index is -0.226. The van der Waals surface area contributed by atoms with E-state index in [4.69, 9.17) is 10.5 Å². The van der Waals surface area contributed by atoms with E-state index in [1.165, 1.54) is 6.07 Å². The fourth-order valence-corrected chi connectivity index (χ4v) is 1.11. The quantitative estimate of drug-likeness (QED) is 0.811. The summed E-state index contributed by atoms with van der Waals surface area (Å²) in [5.41, 5.74) is 6.38. The van der Waals surface area contributed by atoms with Gasteiger partial charge in [-0.3, -0.25) is 0 Å². The van der Waals surface area contributed by atoms with Crippen LogP contribution in [0.25, 0.3) is 0 Å². The Morgan fingerprint density at radius 1 is 1.33 bits per heavy atom. The van der Waals surface area contributed by atoms with Crippen LogP contribution in [0.1, 0.15) is 19.4 Å². The second-order valence-corrected chi connectivity index (χ2v) is 4.01. The summed E-state index contributed by atoms with van der Waals surface area (Å²) in [4.78, 5) is 0. The van der Waals surface area contributed by atoms with Gasteiger partial charge in [-0.1, -0.05) is 32.0 Å². The minimum absolute atomic E-state index is 0.0109. The molecule has 1 rings (SSSR count). The Hall–Kier alpha value is -0.930. The van der Waals surface area contributed by atoms with Crippen molar-refractivity contribution in [1.29, 1.82) is 0 Å². The third-order valence-corrected chi connectivity index (χ3v) is 2.38. The van der Waals surface area contributed by atoms with Gasteiger partial charge in [0.2, 0.25) is 0 Å². The zero-order valence-electron chi connectivity index (χ0n) is 9.24. The largest absolute Gasteiger partial charge is 0.375 e. The molecule has 3 heteroatoms. The van der Waals surface area contributed by atoms with E-state index in [2.05, 4.69) is 0 Å². The van der Waals surface area contributed by atoms with Crippen LogP contribution in [0.4, 0.5) is 4.39 Å². The van der Waals surface area contributed by atoms with Crippen LogP contribution in [0, 0.1) is 11.7 Å². The molecular formula is C12H18FNO. The van der Waals surface area contributed by atoms with Crippen LogP contribution in [-0.4, -0.2) is 12.6 Å². The maximum Gasteiger partial charge on any atom is 0.128 e. The SMILES string of the molecule is CC(C)[C@H](N)COCc1ccccc1F. The highest BCUT2D eigenvalue weighted by atomic mass is 19.1. The fraction of sp³-hybridized carbons (Fsp3) is 0.500. The van der Waals surface area contributed by atoms with Crippen molar-refractivity contribution in [2.24, 2.45) is 11.7 Å². The maximum atomic E-state index is 13.2. The van der Waals surface area contributed by atoms with Crippen LogP contribution >= 0.6 is 0 Å². The van der Waals surface area contributed by atoms with Gasteiger partial charge in [0, 0.05) is 11.6 Å². The second kappa shape index (κ2) is 5.83. The topological polar surface area (TPSA) is 35.2 Å². The molecular weight excluding hydrogens is 193 g/mol. The molecule has 2 nitrogen and oxygen atoms in total. The number of halogens is 1. The van der Waals surface area contributed by atoms with E-state index < -0.39 is 0 Å². The lowest BCUT2D eigenvalue weighted by Gasteiger charge is -2.15. The molecule has 0 radical (unpaired) electrons. The van der Waals surface area contributed by atoms with Crippen molar-refractivity contribution >= 4 is 0 Å². The number of rotatable bonds is 5. The van der Waals surface area contributed by atoms with E-state index >= 15 is 0 Å². The van der Waals surface area contributed by atoms with Gasteiger partial charge in [0.25, 0.3) is 0 Å². The predicted molar refractivity (Wildman–Crippen MR) is 58.9 cm³/mol. The van der Waals surface area contributed by atoms with Crippen LogP contribution in [0.3, 0.4) is 0 Å². The van der Waals surface area contributed by atoms with E-state index in [0.717, 1.165) is 0 Å². The molecule has 0 heterocycles. The Bertz CT molecular complexity index is 301. The molecule has 0 aliphatic carbocycles. The molecule has 0 aliphatic heterocycles. The number of benzene rings is 1. The Labute approximate surface area is 90.2 Å². The lowest BCUT2D eigenvalue weighted by Crippen LogP contribution is -2.31. The third-order valence-electron chi connectivity index (χ3n) is 2.38. The average molecular weight is 211 g/mol. The van der Waals surface area contributed by atoms with Gasteiger partial charge in [0.05, 0.1) is 13.2 Å². The van der Waals surface area contributed by atoms with Crippen LogP contribution in [0.2, 0.25) is 0 Å². The first-order valence-corrected chi connectivity index (χ1v) is 5.18. The first-order valence-electron chi connectivity index (χ1n) is 5.18. The Morgan fingerprint density at radius 2 is 2.00 bits per heavy atom. The smallest absolute Gasteiger partial charge is 0.128 e. The molecule has 84 valence electrons. The molecule has 1 aromatic carbocycles. The highest BCUT2D eigenvalue weighted by Gasteiger charge is 2.08. The number of nitrogens with two attached hydrogens (primary N) is 1.